The molecule has 4 aromatic rings. The van der Waals surface area contributed by atoms with Gasteiger partial charge < -0.3 is 19.9 Å². The molecule has 1 atom stereocenters. The third-order valence-electron chi connectivity index (χ3n) is 6.96. The number of imidazole rings is 1. The number of carbonyl (C=O) groups is 1. The average Bonchev–Trinajstić information content (AvgIpc) is 3.52. The van der Waals surface area contributed by atoms with Crippen molar-refractivity contribution in [3.63, 3.8) is 0 Å². The van der Waals surface area contributed by atoms with Gasteiger partial charge in [-0.15, -0.1) is 0 Å². The molecule has 2 aromatic heterocycles. The van der Waals surface area contributed by atoms with Gasteiger partial charge >= 0.3 is 6.09 Å². The number of benzene rings is 2. The molecular weight excluding hydrogens is 470 g/mol. The van der Waals surface area contributed by atoms with Gasteiger partial charge in [0.1, 0.15) is 35.2 Å². The number of aromatic nitrogens is 3. The van der Waals surface area contributed by atoms with Crippen LogP contribution in [0.1, 0.15) is 49.4 Å². The average molecular weight is 500 g/mol. The maximum atomic E-state index is 12.3. The van der Waals surface area contributed by atoms with Crippen molar-refractivity contribution in [2.75, 3.05) is 17.7 Å². The van der Waals surface area contributed by atoms with Crippen molar-refractivity contribution in [3.05, 3.63) is 72.3 Å². The summed E-state index contributed by atoms with van der Waals surface area (Å²) in [6.45, 7) is 0.877. The molecule has 1 amide bonds. The van der Waals surface area contributed by atoms with Crippen molar-refractivity contribution in [1.29, 1.82) is 0 Å². The Morgan fingerprint density at radius 3 is 2.84 bits per heavy atom. The van der Waals surface area contributed by atoms with Crippen LogP contribution in [0.3, 0.4) is 0 Å². The Labute approximate surface area is 214 Å². The SMILES string of the molecule is Nc1nccn2c(C3CCC3)nc(-c3cccc(OCc4ccccc4NC(=O)OC4CCCO4)c3)c12. The Kier molecular flexibility index (Phi) is 6.36. The molecule has 9 heteroatoms. The van der Waals surface area contributed by atoms with Gasteiger partial charge in [-0.25, -0.2) is 14.8 Å². The molecule has 2 fully saturated rings. The minimum Gasteiger partial charge on any atom is -0.489 e. The molecule has 1 saturated carbocycles. The first-order valence-corrected chi connectivity index (χ1v) is 12.7. The van der Waals surface area contributed by atoms with Gasteiger partial charge in [-0.3, -0.25) is 9.72 Å². The van der Waals surface area contributed by atoms with Crippen LogP contribution in [0.2, 0.25) is 0 Å². The largest absolute Gasteiger partial charge is 0.489 e. The number of ether oxygens (including phenoxy) is 3. The van der Waals surface area contributed by atoms with Crippen molar-refractivity contribution in [2.24, 2.45) is 0 Å². The summed E-state index contributed by atoms with van der Waals surface area (Å²) < 4.78 is 18.9. The van der Waals surface area contributed by atoms with Gasteiger partial charge in [0, 0.05) is 35.9 Å². The zero-order chi connectivity index (χ0) is 25.2. The summed E-state index contributed by atoms with van der Waals surface area (Å²) >= 11 is 0. The Bertz CT molecular complexity index is 1430. The molecule has 3 N–H and O–H groups in total. The minimum atomic E-state index is -0.540. The van der Waals surface area contributed by atoms with Gasteiger partial charge in [-0.1, -0.05) is 36.8 Å². The van der Waals surface area contributed by atoms with Crippen molar-refractivity contribution in [1.82, 2.24) is 14.4 Å². The normalized spacial score (nSPS) is 17.5. The second-order valence-electron chi connectivity index (χ2n) is 9.42. The fraction of sp³-hybridized carbons (Fsp3) is 0.321. The molecule has 1 aliphatic heterocycles. The molecule has 2 aromatic carbocycles. The standard InChI is InChI=1S/C28H29N5O4/c29-26-25-24(32-27(18-7-3-8-18)33(25)14-13-30-26)19-9-4-10-21(16-19)36-17-20-6-1-2-11-22(20)31-28(34)37-23-12-5-15-35-23/h1-2,4,6,9-11,13-14,16,18,23H,3,5,7-8,12,15,17H2,(H2,29,30)(H,31,34). The van der Waals surface area contributed by atoms with Gasteiger partial charge in [0.2, 0.25) is 6.29 Å². The number of nitrogen functional groups attached to an aromatic ring is 1. The van der Waals surface area contributed by atoms with E-state index < -0.39 is 12.4 Å². The summed E-state index contributed by atoms with van der Waals surface area (Å²) in [4.78, 5) is 21.6. The van der Waals surface area contributed by atoms with Crippen LogP contribution in [0.4, 0.5) is 16.3 Å². The van der Waals surface area contributed by atoms with E-state index in [0.717, 1.165) is 47.4 Å². The third-order valence-corrected chi connectivity index (χ3v) is 6.96. The number of para-hydroxylation sites is 1. The van der Waals surface area contributed by atoms with Crippen LogP contribution < -0.4 is 15.8 Å². The zero-order valence-corrected chi connectivity index (χ0v) is 20.4. The van der Waals surface area contributed by atoms with Crippen LogP contribution in [0.25, 0.3) is 16.8 Å². The number of anilines is 2. The second-order valence-corrected chi connectivity index (χ2v) is 9.42. The van der Waals surface area contributed by atoms with Crippen molar-refractivity contribution < 1.29 is 19.0 Å². The summed E-state index contributed by atoms with van der Waals surface area (Å²) in [6.07, 6.45) is 7.73. The number of carbonyl (C=O) groups excluding carboxylic acids is 1. The third kappa shape index (κ3) is 4.82. The van der Waals surface area contributed by atoms with Crippen molar-refractivity contribution >= 4 is 23.1 Å². The van der Waals surface area contributed by atoms with Crippen molar-refractivity contribution in [2.45, 2.75) is 50.9 Å². The van der Waals surface area contributed by atoms with E-state index >= 15 is 0 Å². The fourth-order valence-corrected chi connectivity index (χ4v) is 4.81. The van der Waals surface area contributed by atoms with E-state index in [2.05, 4.69) is 14.7 Å². The number of hydrogen-bond acceptors (Lipinski definition) is 7. The molecule has 9 nitrogen and oxygen atoms in total. The van der Waals surface area contributed by atoms with Crippen LogP contribution in [0.15, 0.2) is 60.9 Å². The first kappa shape index (κ1) is 23.3. The Hall–Kier alpha value is -4.11. The summed E-state index contributed by atoms with van der Waals surface area (Å²) in [6, 6.07) is 15.3. The predicted molar refractivity (Wildman–Crippen MR) is 139 cm³/mol. The molecule has 1 saturated heterocycles. The van der Waals surface area contributed by atoms with Crippen LogP contribution in [0, 0.1) is 0 Å². The van der Waals surface area contributed by atoms with Crippen LogP contribution in [-0.2, 0) is 16.1 Å². The monoisotopic (exact) mass is 499 g/mol. The molecule has 190 valence electrons. The van der Waals surface area contributed by atoms with E-state index in [1.54, 1.807) is 6.20 Å². The lowest BCUT2D eigenvalue weighted by atomic mass is 9.85. The quantitative estimate of drug-likeness (QED) is 0.345. The van der Waals surface area contributed by atoms with Crippen molar-refractivity contribution in [3.8, 4) is 17.0 Å². The first-order chi connectivity index (χ1) is 18.2. The summed E-state index contributed by atoms with van der Waals surface area (Å²) in [5, 5.41) is 2.81. The predicted octanol–water partition coefficient (Wildman–Crippen LogP) is 5.51. The van der Waals surface area contributed by atoms with Crippen LogP contribution >= 0.6 is 0 Å². The summed E-state index contributed by atoms with van der Waals surface area (Å²) in [5.41, 5.74) is 10.3. The van der Waals surface area contributed by atoms with E-state index in [4.69, 9.17) is 24.9 Å². The van der Waals surface area contributed by atoms with E-state index in [9.17, 15) is 4.79 Å². The maximum absolute atomic E-state index is 12.3. The number of nitrogens with two attached hydrogens (primary N) is 1. The molecule has 6 rings (SSSR count). The highest BCUT2D eigenvalue weighted by molar-refractivity contribution is 5.86. The molecule has 1 aliphatic carbocycles. The van der Waals surface area contributed by atoms with Gasteiger partial charge in [0.25, 0.3) is 0 Å². The van der Waals surface area contributed by atoms with E-state index in [-0.39, 0.29) is 6.61 Å². The summed E-state index contributed by atoms with van der Waals surface area (Å²) in [5.74, 6) is 2.62. The van der Waals surface area contributed by atoms with Gasteiger partial charge in [-0.2, -0.15) is 0 Å². The van der Waals surface area contributed by atoms with E-state index in [1.807, 2.05) is 54.7 Å². The maximum Gasteiger partial charge on any atom is 0.413 e. The Morgan fingerprint density at radius 1 is 1.14 bits per heavy atom. The molecule has 3 heterocycles. The Morgan fingerprint density at radius 2 is 2.03 bits per heavy atom. The van der Waals surface area contributed by atoms with E-state index in [1.165, 1.54) is 6.42 Å². The molecule has 37 heavy (non-hydrogen) atoms. The van der Waals surface area contributed by atoms with Crippen LogP contribution in [-0.4, -0.2) is 33.4 Å². The van der Waals surface area contributed by atoms with Crippen LogP contribution in [0.5, 0.6) is 5.75 Å². The zero-order valence-electron chi connectivity index (χ0n) is 20.4. The van der Waals surface area contributed by atoms with Gasteiger partial charge in [0.05, 0.1) is 12.3 Å². The van der Waals surface area contributed by atoms with E-state index in [0.29, 0.717) is 36.2 Å². The smallest absolute Gasteiger partial charge is 0.413 e. The highest BCUT2D eigenvalue weighted by atomic mass is 16.7. The molecule has 0 radical (unpaired) electrons. The van der Waals surface area contributed by atoms with Gasteiger partial charge in [-0.05, 0) is 37.5 Å². The summed E-state index contributed by atoms with van der Waals surface area (Å²) in [7, 11) is 0. The topological polar surface area (TPSA) is 113 Å². The minimum absolute atomic E-state index is 0.265. The lowest BCUT2D eigenvalue weighted by Gasteiger charge is -2.23. The molecule has 2 aliphatic rings. The number of amides is 1. The lowest BCUT2D eigenvalue weighted by Crippen LogP contribution is -2.22. The fourth-order valence-electron chi connectivity index (χ4n) is 4.81. The first-order valence-electron chi connectivity index (χ1n) is 12.7. The number of rotatable bonds is 7. The number of hydrogen-bond donors (Lipinski definition) is 2. The highest BCUT2D eigenvalue weighted by Crippen LogP contribution is 2.39. The highest BCUT2D eigenvalue weighted by Gasteiger charge is 2.27. The molecule has 0 spiro atoms. The number of fused-ring (bicyclic) bond motifs is 1. The number of nitrogens with one attached hydrogen (secondary N) is 1. The number of nitrogens with zero attached hydrogens (tertiary/aromatic N) is 3. The lowest BCUT2D eigenvalue weighted by molar-refractivity contribution is -0.0633. The second kappa shape index (κ2) is 10.1. The molecular formula is C28H29N5O4. The molecule has 0 bridgehead atoms. The molecule has 1 unspecified atom stereocenters. The Balaban J connectivity index is 1.21. The van der Waals surface area contributed by atoms with Gasteiger partial charge in [0.15, 0.2) is 0 Å².